The van der Waals surface area contributed by atoms with Crippen LogP contribution >= 0.6 is 0 Å². The van der Waals surface area contributed by atoms with Gasteiger partial charge in [-0.25, -0.2) is 9.97 Å². The number of hydrogen-bond donors (Lipinski definition) is 3. The number of nitrogens with one attached hydrogen (secondary N) is 2. The maximum absolute atomic E-state index is 10.7. The van der Waals surface area contributed by atoms with E-state index >= 15 is 0 Å². The normalized spacial score (nSPS) is 10.9. The van der Waals surface area contributed by atoms with Crippen molar-refractivity contribution in [2.24, 2.45) is 0 Å². The van der Waals surface area contributed by atoms with Crippen LogP contribution in [-0.4, -0.2) is 44.4 Å². The van der Waals surface area contributed by atoms with Crippen molar-refractivity contribution >= 4 is 33.2 Å². The minimum Gasteiger partial charge on any atom is -0.399 e. The molecule has 2 aromatic carbocycles. The second-order valence-corrected chi connectivity index (χ2v) is 6.83. The lowest BCUT2D eigenvalue weighted by molar-refractivity contribution is -0.384. The fourth-order valence-corrected chi connectivity index (χ4v) is 3.28. The Morgan fingerprint density at radius 2 is 1.41 bits per heavy atom. The van der Waals surface area contributed by atoms with Gasteiger partial charge in [0.25, 0.3) is 5.69 Å². The lowest BCUT2D eigenvalue weighted by Gasteiger charge is -1.97. The third-order valence-electron chi connectivity index (χ3n) is 4.80. The predicted octanol–water partition coefficient (Wildman–Crippen LogP) is 2.99. The lowest BCUT2D eigenvalue weighted by atomic mass is 10.2. The third-order valence-corrected chi connectivity index (χ3v) is 4.80. The van der Waals surface area contributed by atoms with Gasteiger partial charge in [0.05, 0.1) is 21.3 Å². The number of anilines is 1. The van der Waals surface area contributed by atoms with Crippen LogP contribution in [0.25, 0.3) is 33.4 Å². The molecule has 0 saturated heterocycles. The number of nitrogens with zero attached hydrogens (tertiary/aromatic N) is 7. The Labute approximate surface area is 179 Å². The van der Waals surface area contributed by atoms with Crippen LogP contribution in [0.3, 0.4) is 0 Å². The summed E-state index contributed by atoms with van der Waals surface area (Å²) >= 11 is 0. The summed E-state index contributed by atoms with van der Waals surface area (Å²) < 4.78 is 3.54. The van der Waals surface area contributed by atoms with Gasteiger partial charge in [0.15, 0.2) is 11.6 Å². The first kappa shape index (κ1) is 19.0. The summed E-state index contributed by atoms with van der Waals surface area (Å²) in [6, 6.07) is 10.2. The number of rotatable bonds is 3. The van der Waals surface area contributed by atoms with Crippen molar-refractivity contribution in [1.82, 2.24) is 39.5 Å². The monoisotopic (exact) mass is 428 g/mol. The summed E-state index contributed by atoms with van der Waals surface area (Å²) in [5.41, 5.74) is 8.22. The topological polar surface area (TPSA) is 162 Å². The first-order valence-electron chi connectivity index (χ1n) is 9.43. The van der Waals surface area contributed by atoms with Crippen LogP contribution < -0.4 is 5.73 Å². The number of fused-ring (bicyclic) bond motifs is 2. The summed E-state index contributed by atoms with van der Waals surface area (Å²) in [5, 5.41) is 26.5. The van der Waals surface area contributed by atoms with Gasteiger partial charge in [-0.2, -0.15) is 10.2 Å². The Kier molecular flexibility index (Phi) is 4.56. The Morgan fingerprint density at radius 3 is 1.94 bits per heavy atom. The number of aromatic nitrogens is 8. The number of nitrogens with two attached hydrogens (primary N) is 1. The van der Waals surface area contributed by atoms with E-state index in [2.05, 4.69) is 30.4 Å². The van der Waals surface area contributed by atoms with Crippen molar-refractivity contribution in [1.29, 1.82) is 0 Å². The summed E-state index contributed by atoms with van der Waals surface area (Å²) in [7, 11) is 0. The quantitative estimate of drug-likeness (QED) is 0.222. The Morgan fingerprint density at radius 1 is 0.844 bits per heavy atom. The zero-order valence-electron chi connectivity index (χ0n) is 16.5. The van der Waals surface area contributed by atoms with E-state index < -0.39 is 4.92 Å². The van der Waals surface area contributed by atoms with E-state index in [1.165, 1.54) is 12.1 Å². The van der Waals surface area contributed by atoms with Gasteiger partial charge < -0.3 is 5.73 Å². The van der Waals surface area contributed by atoms with Gasteiger partial charge in [0.2, 0.25) is 0 Å². The fraction of sp³-hybridized carbons (Fsp3) is 0. The van der Waals surface area contributed by atoms with Crippen molar-refractivity contribution in [3.05, 3.63) is 84.0 Å². The molecule has 0 bridgehead atoms. The Hall–Kier alpha value is -5.00. The number of benzene rings is 2. The molecule has 6 aromatic rings. The number of nitro groups is 1. The first-order valence-corrected chi connectivity index (χ1v) is 9.43. The number of H-pyrrole nitrogens is 2. The standard InChI is InChI=1S/C10H7N5O2.C10H9N5/c16-15(17)7-1-2-9-8(5-7)10(13-12-9)14-4-3-11-6-14;11-7-1-2-9-8(5-7)10(14-13-9)15-4-3-12-6-15/h1-6H,(H,12,13);1-6H,11H2,(H,13,14). The van der Waals surface area contributed by atoms with Crippen LogP contribution in [-0.2, 0) is 0 Å². The van der Waals surface area contributed by atoms with Crippen LogP contribution in [0.15, 0.2) is 73.8 Å². The van der Waals surface area contributed by atoms with Gasteiger partial charge in [-0.05, 0) is 24.3 Å². The smallest absolute Gasteiger partial charge is 0.270 e. The average molecular weight is 428 g/mol. The minimum absolute atomic E-state index is 0.0419. The van der Waals surface area contributed by atoms with Crippen LogP contribution in [0.2, 0.25) is 0 Å². The molecule has 0 aliphatic carbocycles. The molecule has 0 aliphatic rings. The van der Waals surface area contributed by atoms with Crippen molar-refractivity contribution < 1.29 is 4.92 Å². The molecule has 6 rings (SSSR count). The first-order chi connectivity index (χ1) is 15.6. The van der Waals surface area contributed by atoms with Crippen molar-refractivity contribution in [3.63, 3.8) is 0 Å². The van der Waals surface area contributed by atoms with Gasteiger partial charge in [-0.15, -0.1) is 0 Å². The highest BCUT2D eigenvalue weighted by Crippen LogP contribution is 2.24. The van der Waals surface area contributed by atoms with Gasteiger partial charge in [0, 0.05) is 48.0 Å². The van der Waals surface area contributed by atoms with E-state index in [9.17, 15) is 10.1 Å². The van der Waals surface area contributed by atoms with Crippen molar-refractivity contribution in [2.45, 2.75) is 0 Å². The molecule has 0 aliphatic heterocycles. The average Bonchev–Trinajstić information content (AvgIpc) is 3.59. The summed E-state index contributed by atoms with van der Waals surface area (Å²) in [4.78, 5) is 18.2. The molecule has 158 valence electrons. The molecule has 12 heteroatoms. The van der Waals surface area contributed by atoms with Crippen LogP contribution in [0, 0.1) is 10.1 Å². The zero-order chi connectivity index (χ0) is 22.1. The highest BCUT2D eigenvalue weighted by molar-refractivity contribution is 5.89. The third kappa shape index (κ3) is 3.41. The zero-order valence-corrected chi connectivity index (χ0v) is 16.5. The summed E-state index contributed by atoms with van der Waals surface area (Å²) in [6.07, 6.45) is 10.2. The van der Waals surface area contributed by atoms with Gasteiger partial charge in [-0.3, -0.25) is 29.4 Å². The molecule has 4 aromatic heterocycles. The van der Waals surface area contributed by atoms with E-state index in [-0.39, 0.29) is 5.69 Å². The maximum Gasteiger partial charge on any atom is 0.270 e. The molecule has 0 spiro atoms. The van der Waals surface area contributed by atoms with Crippen LogP contribution in [0.4, 0.5) is 11.4 Å². The lowest BCUT2D eigenvalue weighted by Crippen LogP contribution is -1.91. The highest BCUT2D eigenvalue weighted by atomic mass is 16.6. The van der Waals surface area contributed by atoms with Crippen molar-refractivity contribution in [2.75, 3.05) is 5.73 Å². The molecule has 12 nitrogen and oxygen atoms in total. The van der Waals surface area contributed by atoms with Gasteiger partial charge >= 0.3 is 0 Å². The molecule has 0 atom stereocenters. The maximum atomic E-state index is 10.7. The highest BCUT2D eigenvalue weighted by Gasteiger charge is 2.12. The SMILES string of the molecule is Nc1ccc2[nH]nc(-n3ccnc3)c2c1.O=[N+]([O-])c1ccc2[nH]nc(-n3ccnc3)c2c1. The molecule has 4 heterocycles. The molecular formula is C20H16N10O2. The summed E-state index contributed by atoms with van der Waals surface area (Å²) in [5.74, 6) is 1.41. The Bertz CT molecular complexity index is 1510. The number of nitrogen functional groups attached to an aromatic ring is 1. The number of hydrogen-bond acceptors (Lipinski definition) is 7. The fourth-order valence-electron chi connectivity index (χ4n) is 3.28. The van der Waals surface area contributed by atoms with E-state index in [1.807, 2.05) is 29.0 Å². The second kappa shape index (κ2) is 7.68. The molecule has 0 fully saturated rings. The van der Waals surface area contributed by atoms with Gasteiger partial charge in [0.1, 0.15) is 12.7 Å². The number of non-ortho nitro benzene ring substituents is 1. The van der Waals surface area contributed by atoms with E-state index in [0.29, 0.717) is 11.2 Å². The molecule has 4 N–H and O–H groups in total. The Balaban J connectivity index is 0.000000136. The van der Waals surface area contributed by atoms with E-state index in [4.69, 9.17) is 5.73 Å². The molecule has 0 radical (unpaired) electrons. The minimum atomic E-state index is -0.426. The number of aromatic amines is 2. The molecule has 32 heavy (non-hydrogen) atoms. The largest absolute Gasteiger partial charge is 0.399 e. The van der Waals surface area contributed by atoms with Crippen LogP contribution in [0.1, 0.15) is 0 Å². The number of nitro benzene ring substituents is 1. The molecule has 0 unspecified atom stereocenters. The second-order valence-electron chi connectivity index (χ2n) is 6.83. The van der Waals surface area contributed by atoms with E-state index in [1.54, 1.807) is 41.9 Å². The molecular weight excluding hydrogens is 412 g/mol. The van der Waals surface area contributed by atoms with E-state index in [0.717, 1.165) is 27.9 Å². The van der Waals surface area contributed by atoms with Crippen molar-refractivity contribution in [3.8, 4) is 11.6 Å². The van der Waals surface area contributed by atoms with Gasteiger partial charge in [-0.1, -0.05) is 0 Å². The molecule has 0 amide bonds. The summed E-state index contributed by atoms with van der Waals surface area (Å²) in [6.45, 7) is 0. The van der Waals surface area contributed by atoms with Crippen LogP contribution in [0.5, 0.6) is 0 Å². The molecule has 0 saturated carbocycles. The predicted molar refractivity (Wildman–Crippen MR) is 117 cm³/mol. The number of imidazole rings is 2.